The Morgan fingerprint density at radius 3 is 2.42 bits per heavy atom. The van der Waals surface area contributed by atoms with Crippen molar-refractivity contribution in [1.29, 1.82) is 0 Å². The standard InChI is InChI=1S/C9H22OSSi/c1-4-8(6-5-7-11)9(2,3)10-12/h8,11H,4-7H2,1-3,12H3. The molecule has 0 aromatic rings. The van der Waals surface area contributed by atoms with Crippen molar-refractivity contribution in [3.8, 4) is 0 Å². The van der Waals surface area contributed by atoms with Gasteiger partial charge in [-0.2, -0.15) is 12.6 Å². The number of rotatable bonds is 6. The molecule has 0 aromatic heterocycles. The molecular weight excluding hydrogens is 184 g/mol. The van der Waals surface area contributed by atoms with E-state index in [-0.39, 0.29) is 5.60 Å². The van der Waals surface area contributed by atoms with Gasteiger partial charge in [-0.3, -0.25) is 0 Å². The van der Waals surface area contributed by atoms with E-state index in [1.807, 2.05) is 0 Å². The van der Waals surface area contributed by atoms with Crippen molar-refractivity contribution in [1.82, 2.24) is 0 Å². The van der Waals surface area contributed by atoms with Gasteiger partial charge in [0, 0.05) is 0 Å². The fourth-order valence-corrected chi connectivity index (χ4v) is 2.06. The molecule has 0 amide bonds. The van der Waals surface area contributed by atoms with E-state index >= 15 is 0 Å². The first-order valence-corrected chi connectivity index (χ1v) is 6.19. The summed E-state index contributed by atoms with van der Waals surface area (Å²) in [5.41, 5.74) is 0.0872. The molecule has 1 atom stereocenters. The third kappa shape index (κ3) is 3.96. The van der Waals surface area contributed by atoms with Gasteiger partial charge in [-0.1, -0.05) is 13.3 Å². The Balaban J connectivity index is 3.95. The van der Waals surface area contributed by atoms with E-state index in [0.29, 0.717) is 5.92 Å². The average molecular weight is 206 g/mol. The van der Waals surface area contributed by atoms with Gasteiger partial charge >= 0.3 is 0 Å². The van der Waals surface area contributed by atoms with Crippen LogP contribution in [-0.4, -0.2) is 21.8 Å². The van der Waals surface area contributed by atoms with Crippen LogP contribution in [0.3, 0.4) is 0 Å². The van der Waals surface area contributed by atoms with E-state index in [2.05, 4.69) is 33.4 Å². The van der Waals surface area contributed by atoms with Gasteiger partial charge in [0.15, 0.2) is 0 Å². The van der Waals surface area contributed by atoms with Crippen LogP contribution in [0, 0.1) is 5.92 Å². The highest BCUT2D eigenvalue weighted by atomic mass is 32.1. The molecule has 1 unspecified atom stereocenters. The van der Waals surface area contributed by atoms with Crippen LogP contribution in [0.15, 0.2) is 0 Å². The molecule has 74 valence electrons. The Bertz CT molecular complexity index is 117. The van der Waals surface area contributed by atoms with E-state index in [9.17, 15) is 0 Å². The molecule has 0 aliphatic carbocycles. The maximum atomic E-state index is 5.60. The zero-order valence-corrected chi connectivity index (χ0v) is 11.7. The summed E-state index contributed by atoms with van der Waals surface area (Å²) in [6.07, 6.45) is 3.66. The maximum absolute atomic E-state index is 5.60. The largest absolute Gasteiger partial charge is 0.423 e. The van der Waals surface area contributed by atoms with Gasteiger partial charge in [0.05, 0.1) is 5.60 Å². The molecule has 0 saturated heterocycles. The number of hydrogen-bond acceptors (Lipinski definition) is 2. The van der Waals surface area contributed by atoms with Crippen LogP contribution in [-0.2, 0) is 4.43 Å². The monoisotopic (exact) mass is 206 g/mol. The van der Waals surface area contributed by atoms with Gasteiger partial charge in [-0.15, -0.1) is 0 Å². The average Bonchev–Trinajstić information content (AvgIpc) is 2.05. The SMILES string of the molecule is CCC(CCCS)C(C)(C)O[SiH3]. The number of thiol groups is 1. The molecule has 0 aliphatic heterocycles. The third-order valence-electron chi connectivity index (χ3n) is 2.71. The zero-order valence-electron chi connectivity index (χ0n) is 8.76. The zero-order chi connectivity index (χ0) is 9.61. The first kappa shape index (κ1) is 12.5. The first-order valence-electron chi connectivity index (χ1n) is 4.74. The lowest BCUT2D eigenvalue weighted by atomic mass is 9.85. The predicted molar refractivity (Wildman–Crippen MR) is 62.0 cm³/mol. The van der Waals surface area contributed by atoms with Crippen molar-refractivity contribution in [3.05, 3.63) is 0 Å². The van der Waals surface area contributed by atoms with E-state index in [4.69, 9.17) is 4.43 Å². The molecule has 0 N–H and O–H groups in total. The minimum absolute atomic E-state index is 0.0872. The quantitative estimate of drug-likeness (QED) is 0.515. The van der Waals surface area contributed by atoms with Crippen molar-refractivity contribution in [2.24, 2.45) is 5.92 Å². The lowest BCUT2D eigenvalue weighted by Crippen LogP contribution is -2.33. The fourth-order valence-electron chi connectivity index (χ4n) is 1.55. The molecule has 0 saturated carbocycles. The molecule has 0 heterocycles. The van der Waals surface area contributed by atoms with Crippen molar-refractivity contribution in [2.45, 2.75) is 45.6 Å². The summed E-state index contributed by atoms with van der Waals surface area (Å²) < 4.78 is 5.60. The van der Waals surface area contributed by atoms with Crippen molar-refractivity contribution in [2.75, 3.05) is 5.75 Å². The van der Waals surface area contributed by atoms with Crippen LogP contribution >= 0.6 is 12.6 Å². The Labute approximate surface area is 85.2 Å². The second kappa shape index (κ2) is 6.05. The van der Waals surface area contributed by atoms with E-state index in [1.165, 1.54) is 19.3 Å². The fraction of sp³-hybridized carbons (Fsp3) is 1.00. The molecule has 0 aliphatic rings. The molecule has 12 heavy (non-hydrogen) atoms. The smallest absolute Gasteiger partial charge is 0.146 e. The molecule has 0 aromatic carbocycles. The molecular formula is C9H22OSSi. The van der Waals surface area contributed by atoms with Gasteiger partial charge in [0.2, 0.25) is 0 Å². The molecule has 0 radical (unpaired) electrons. The summed E-state index contributed by atoms with van der Waals surface area (Å²) in [6, 6.07) is 0. The van der Waals surface area contributed by atoms with Gasteiger partial charge < -0.3 is 4.43 Å². The summed E-state index contributed by atoms with van der Waals surface area (Å²) in [4.78, 5) is 0. The Morgan fingerprint density at radius 1 is 1.50 bits per heavy atom. The summed E-state index contributed by atoms with van der Waals surface area (Å²) in [7, 11) is 0.839. The molecule has 0 rings (SSSR count). The lowest BCUT2D eigenvalue weighted by Gasteiger charge is -2.33. The minimum atomic E-state index is 0.0872. The Hall–Kier alpha value is 0.527. The van der Waals surface area contributed by atoms with E-state index in [0.717, 1.165) is 16.2 Å². The third-order valence-corrected chi connectivity index (χ3v) is 4.08. The van der Waals surface area contributed by atoms with Crippen LogP contribution in [0.25, 0.3) is 0 Å². The molecule has 0 spiro atoms. The first-order chi connectivity index (χ1) is 5.58. The van der Waals surface area contributed by atoms with Crippen LogP contribution in [0.1, 0.15) is 40.0 Å². The normalized spacial score (nSPS) is 15.0. The van der Waals surface area contributed by atoms with Crippen LogP contribution < -0.4 is 0 Å². The van der Waals surface area contributed by atoms with Crippen LogP contribution in [0.4, 0.5) is 0 Å². The van der Waals surface area contributed by atoms with Crippen LogP contribution in [0.2, 0.25) is 0 Å². The van der Waals surface area contributed by atoms with Crippen LogP contribution in [0.5, 0.6) is 0 Å². The molecule has 0 fully saturated rings. The summed E-state index contributed by atoms with van der Waals surface area (Å²) in [5, 5.41) is 0. The summed E-state index contributed by atoms with van der Waals surface area (Å²) in [5.74, 6) is 1.69. The highest BCUT2D eigenvalue weighted by molar-refractivity contribution is 7.80. The van der Waals surface area contributed by atoms with E-state index in [1.54, 1.807) is 0 Å². The van der Waals surface area contributed by atoms with Gasteiger partial charge in [0.1, 0.15) is 10.5 Å². The second-order valence-corrected chi connectivity index (χ2v) is 4.63. The molecule has 3 heteroatoms. The second-order valence-electron chi connectivity index (χ2n) is 3.78. The van der Waals surface area contributed by atoms with Crippen molar-refractivity contribution >= 4 is 23.1 Å². The highest BCUT2D eigenvalue weighted by Gasteiger charge is 2.26. The molecule has 1 nitrogen and oxygen atoms in total. The maximum Gasteiger partial charge on any atom is 0.146 e. The lowest BCUT2D eigenvalue weighted by molar-refractivity contribution is 0.0460. The summed E-state index contributed by atoms with van der Waals surface area (Å²) >= 11 is 4.23. The Morgan fingerprint density at radius 2 is 2.08 bits per heavy atom. The van der Waals surface area contributed by atoms with Gasteiger partial charge in [-0.05, 0) is 38.4 Å². The van der Waals surface area contributed by atoms with E-state index < -0.39 is 0 Å². The van der Waals surface area contributed by atoms with Gasteiger partial charge in [-0.25, -0.2) is 0 Å². The topological polar surface area (TPSA) is 9.23 Å². The Kier molecular flexibility index (Phi) is 6.32. The highest BCUT2D eigenvalue weighted by Crippen LogP contribution is 2.27. The molecule has 0 bridgehead atoms. The number of hydrogen-bond donors (Lipinski definition) is 1. The minimum Gasteiger partial charge on any atom is -0.423 e. The van der Waals surface area contributed by atoms with Crippen molar-refractivity contribution in [3.63, 3.8) is 0 Å². The summed E-state index contributed by atoms with van der Waals surface area (Å²) in [6.45, 7) is 6.64. The predicted octanol–water partition coefficient (Wildman–Crippen LogP) is 1.80. The van der Waals surface area contributed by atoms with Gasteiger partial charge in [0.25, 0.3) is 0 Å². The van der Waals surface area contributed by atoms with Crippen molar-refractivity contribution < 1.29 is 4.43 Å².